The van der Waals surface area contributed by atoms with Crippen molar-refractivity contribution in [2.75, 3.05) is 13.2 Å². The van der Waals surface area contributed by atoms with E-state index in [1.807, 2.05) is 26.0 Å². The summed E-state index contributed by atoms with van der Waals surface area (Å²) < 4.78 is 5.12. The molecule has 0 spiro atoms. The van der Waals surface area contributed by atoms with E-state index < -0.39 is 0 Å². The molecule has 1 unspecified atom stereocenters. The molecule has 9 heavy (non-hydrogen) atoms. The van der Waals surface area contributed by atoms with Crippen molar-refractivity contribution in [2.45, 2.75) is 19.9 Å². The molecular weight excluding hydrogens is 114 g/mol. The Labute approximate surface area is 56.7 Å². The highest BCUT2D eigenvalue weighted by molar-refractivity contribution is 4.75. The Balaban J connectivity index is 2.91. The lowest BCUT2D eigenvalue weighted by Crippen LogP contribution is -2.21. The van der Waals surface area contributed by atoms with Gasteiger partial charge in [-0.1, -0.05) is 12.2 Å². The van der Waals surface area contributed by atoms with Crippen LogP contribution in [0.1, 0.15) is 13.8 Å². The van der Waals surface area contributed by atoms with Crippen molar-refractivity contribution in [3.8, 4) is 0 Å². The third-order valence-corrected chi connectivity index (χ3v) is 0.831. The van der Waals surface area contributed by atoms with Gasteiger partial charge in [-0.3, -0.25) is 0 Å². The smallest absolute Gasteiger partial charge is 0.0648 e. The van der Waals surface area contributed by atoms with Gasteiger partial charge in [0.05, 0.1) is 13.2 Å². The van der Waals surface area contributed by atoms with Gasteiger partial charge in [0, 0.05) is 6.04 Å². The summed E-state index contributed by atoms with van der Waals surface area (Å²) in [6.07, 6.45) is 3.92. The maximum Gasteiger partial charge on any atom is 0.0648 e. The van der Waals surface area contributed by atoms with Crippen molar-refractivity contribution in [3.63, 3.8) is 0 Å². The van der Waals surface area contributed by atoms with E-state index in [-0.39, 0.29) is 6.04 Å². The van der Waals surface area contributed by atoms with E-state index in [4.69, 9.17) is 10.5 Å². The van der Waals surface area contributed by atoms with Crippen molar-refractivity contribution < 1.29 is 4.74 Å². The zero-order valence-electron chi connectivity index (χ0n) is 6.13. The summed E-state index contributed by atoms with van der Waals surface area (Å²) in [4.78, 5) is 0. The third-order valence-electron chi connectivity index (χ3n) is 0.831. The van der Waals surface area contributed by atoms with Crippen LogP contribution in [0, 0.1) is 0 Å². The molecule has 0 saturated heterocycles. The first-order valence-corrected chi connectivity index (χ1v) is 3.22. The van der Waals surface area contributed by atoms with Gasteiger partial charge in [-0.05, 0) is 13.8 Å². The molecule has 54 valence electrons. The number of ether oxygens (including phenoxy) is 1. The molecule has 0 aliphatic heterocycles. The predicted octanol–water partition coefficient (Wildman–Crippen LogP) is 0.926. The first-order chi connectivity index (χ1) is 4.27. The molecule has 2 heteroatoms. The number of hydrogen-bond donors (Lipinski definition) is 1. The predicted molar refractivity (Wildman–Crippen MR) is 39.3 cm³/mol. The Morgan fingerprint density at radius 2 is 2.33 bits per heavy atom. The summed E-state index contributed by atoms with van der Waals surface area (Å²) in [7, 11) is 0. The molecule has 0 saturated carbocycles. The summed E-state index contributed by atoms with van der Waals surface area (Å²) in [5.41, 5.74) is 5.43. The highest BCUT2D eigenvalue weighted by Crippen LogP contribution is 1.80. The largest absolute Gasteiger partial charge is 0.376 e. The van der Waals surface area contributed by atoms with Crippen LogP contribution in [0.3, 0.4) is 0 Å². The fraction of sp³-hybridized carbons (Fsp3) is 0.714. The molecule has 0 bridgehead atoms. The van der Waals surface area contributed by atoms with E-state index in [1.54, 1.807) is 0 Å². The van der Waals surface area contributed by atoms with Gasteiger partial charge >= 0.3 is 0 Å². The Morgan fingerprint density at radius 3 is 2.78 bits per heavy atom. The lowest BCUT2D eigenvalue weighted by atomic mass is 10.4. The first kappa shape index (κ1) is 8.66. The highest BCUT2D eigenvalue weighted by Gasteiger charge is 1.89. The van der Waals surface area contributed by atoms with E-state index in [2.05, 4.69) is 0 Å². The average molecular weight is 129 g/mol. The molecule has 0 aromatic heterocycles. The van der Waals surface area contributed by atoms with E-state index in [9.17, 15) is 0 Å². The Hall–Kier alpha value is -0.340. The van der Waals surface area contributed by atoms with Crippen LogP contribution < -0.4 is 5.73 Å². The molecule has 2 nitrogen and oxygen atoms in total. The molecule has 2 N–H and O–H groups in total. The van der Waals surface area contributed by atoms with Gasteiger partial charge in [0.1, 0.15) is 0 Å². The number of nitrogens with two attached hydrogens (primary N) is 1. The van der Waals surface area contributed by atoms with Crippen molar-refractivity contribution in [1.82, 2.24) is 0 Å². The monoisotopic (exact) mass is 129 g/mol. The quantitative estimate of drug-likeness (QED) is 0.452. The molecular formula is C7H15NO. The van der Waals surface area contributed by atoms with Gasteiger partial charge in [-0.25, -0.2) is 0 Å². The lowest BCUT2D eigenvalue weighted by molar-refractivity contribution is 0.151. The second-order valence-corrected chi connectivity index (χ2v) is 2.08. The van der Waals surface area contributed by atoms with Crippen molar-refractivity contribution in [2.24, 2.45) is 5.73 Å². The van der Waals surface area contributed by atoms with Gasteiger partial charge in [0.25, 0.3) is 0 Å². The van der Waals surface area contributed by atoms with Gasteiger partial charge in [0.15, 0.2) is 0 Å². The standard InChI is InChI=1S/C7H15NO/c1-3-4-5-9-6-7(2)8/h3-4,7H,5-6,8H2,1-2H3. The molecule has 0 amide bonds. The highest BCUT2D eigenvalue weighted by atomic mass is 16.5. The van der Waals surface area contributed by atoms with Crippen molar-refractivity contribution in [1.29, 1.82) is 0 Å². The first-order valence-electron chi connectivity index (χ1n) is 3.22. The molecule has 1 atom stereocenters. The summed E-state index contributed by atoms with van der Waals surface area (Å²) >= 11 is 0. The average Bonchev–Trinajstić information content (AvgIpc) is 1.80. The Kier molecular flexibility index (Phi) is 5.57. The van der Waals surface area contributed by atoms with Crippen LogP contribution >= 0.6 is 0 Å². The SMILES string of the molecule is CC=CCOCC(C)N. The minimum absolute atomic E-state index is 0.148. The van der Waals surface area contributed by atoms with Gasteiger partial charge < -0.3 is 10.5 Å². The van der Waals surface area contributed by atoms with E-state index in [1.165, 1.54) is 0 Å². The second kappa shape index (κ2) is 5.79. The normalized spacial score (nSPS) is 14.6. The minimum Gasteiger partial charge on any atom is -0.376 e. The molecule has 0 rings (SSSR count). The summed E-state index contributed by atoms with van der Waals surface area (Å²) in [6, 6.07) is 0.148. The van der Waals surface area contributed by atoms with Crippen LogP contribution in [0.15, 0.2) is 12.2 Å². The summed E-state index contributed by atoms with van der Waals surface area (Å²) in [5.74, 6) is 0. The lowest BCUT2D eigenvalue weighted by Gasteiger charge is -2.02. The van der Waals surface area contributed by atoms with Crippen LogP contribution in [0.4, 0.5) is 0 Å². The van der Waals surface area contributed by atoms with Gasteiger partial charge in [-0.2, -0.15) is 0 Å². The number of rotatable bonds is 4. The van der Waals surface area contributed by atoms with Crippen LogP contribution in [-0.2, 0) is 4.74 Å². The molecule has 0 aliphatic rings. The zero-order valence-corrected chi connectivity index (χ0v) is 6.13. The number of allylic oxidation sites excluding steroid dienone is 1. The van der Waals surface area contributed by atoms with Crippen molar-refractivity contribution >= 4 is 0 Å². The minimum atomic E-state index is 0.148. The van der Waals surface area contributed by atoms with E-state index in [0.29, 0.717) is 13.2 Å². The van der Waals surface area contributed by atoms with Crippen LogP contribution in [0.5, 0.6) is 0 Å². The zero-order chi connectivity index (χ0) is 7.11. The molecule has 0 radical (unpaired) electrons. The van der Waals surface area contributed by atoms with Gasteiger partial charge in [-0.15, -0.1) is 0 Å². The molecule has 0 aliphatic carbocycles. The molecule has 0 heterocycles. The van der Waals surface area contributed by atoms with Crippen molar-refractivity contribution in [3.05, 3.63) is 12.2 Å². The van der Waals surface area contributed by atoms with Crippen LogP contribution in [0.2, 0.25) is 0 Å². The Bertz CT molecular complexity index is 79.0. The third kappa shape index (κ3) is 7.66. The molecule has 0 fully saturated rings. The summed E-state index contributed by atoms with van der Waals surface area (Å²) in [5, 5.41) is 0. The van der Waals surface area contributed by atoms with E-state index >= 15 is 0 Å². The fourth-order valence-electron chi connectivity index (χ4n) is 0.418. The molecule has 0 aromatic rings. The van der Waals surface area contributed by atoms with Crippen LogP contribution in [0.25, 0.3) is 0 Å². The number of hydrogen-bond acceptors (Lipinski definition) is 2. The maximum absolute atomic E-state index is 5.43. The second-order valence-electron chi connectivity index (χ2n) is 2.08. The van der Waals surface area contributed by atoms with E-state index in [0.717, 1.165) is 0 Å². The summed E-state index contributed by atoms with van der Waals surface area (Å²) in [6.45, 7) is 5.22. The fourth-order valence-corrected chi connectivity index (χ4v) is 0.418. The Morgan fingerprint density at radius 1 is 1.67 bits per heavy atom. The molecule has 0 aromatic carbocycles. The topological polar surface area (TPSA) is 35.2 Å². The maximum atomic E-state index is 5.43. The van der Waals surface area contributed by atoms with Crippen LogP contribution in [-0.4, -0.2) is 19.3 Å². The van der Waals surface area contributed by atoms with Gasteiger partial charge in [0.2, 0.25) is 0 Å².